The maximum atomic E-state index is 13.0. The number of hydrogen-bond donors (Lipinski definition) is 1. The molecule has 2 unspecified atom stereocenters. The van der Waals surface area contributed by atoms with Gasteiger partial charge in [-0.05, 0) is 29.7 Å². The second kappa shape index (κ2) is 9.26. The number of morpholine rings is 1. The number of amides is 4. The van der Waals surface area contributed by atoms with E-state index in [1.54, 1.807) is 23.1 Å². The van der Waals surface area contributed by atoms with E-state index in [4.69, 9.17) is 10.8 Å². The Labute approximate surface area is 198 Å². The third-order valence-corrected chi connectivity index (χ3v) is 6.28. The van der Waals surface area contributed by atoms with Gasteiger partial charge in [-0.25, -0.2) is 0 Å². The number of nitrogens with one attached hydrogen (secondary N) is 1. The van der Waals surface area contributed by atoms with Gasteiger partial charge in [-0.1, -0.05) is 30.3 Å². The first-order chi connectivity index (χ1) is 16.9. The summed E-state index contributed by atoms with van der Waals surface area (Å²) in [5.41, 5.74) is 3.09. The summed E-state index contributed by atoms with van der Waals surface area (Å²) < 4.78 is 19.0. The molecule has 3 aliphatic rings. The van der Waals surface area contributed by atoms with Gasteiger partial charge in [0.2, 0.25) is 17.7 Å². The van der Waals surface area contributed by atoms with Crippen molar-refractivity contribution < 1.29 is 30.0 Å². The predicted molar refractivity (Wildman–Crippen MR) is 119 cm³/mol. The van der Waals surface area contributed by atoms with E-state index < -0.39 is 24.3 Å². The highest BCUT2D eigenvalue weighted by Gasteiger charge is 2.40. The minimum atomic E-state index is -1.09. The Hall–Kier alpha value is -3.72. The molecule has 5 rings (SSSR count). The molecule has 1 N–H and O–H groups in total. The van der Waals surface area contributed by atoms with Gasteiger partial charge < -0.3 is 19.3 Å². The summed E-state index contributed by atoms with van der Waals surface area (Å²) in [6, 6.07) is 12.1. The molecule has 0 aromatic heterocycles. The topological polar surface area (TPSA) is 105 Å². The smallest absolute Gasteiger partial charge is 0.255 e. The summed E-state index contributed by atoms with van der Waals surface area (Å²) in [5, 5.41) is 2.18. The number of rotatable bonds is 6. The van der Waals surface area contributed by atoms with Crippen LogP contribution >= 0.6 is 0 Å². The predicted octanol–water partition coefficient (Wildman–Crippen LogP) is 1.39. The molecule has 0 saturated carbocycles. The molecule has 2 fully saturated rings. The highest BCUT2D eigenvalue weighted by atomic mass is 16.5. The monoisotopic (exact) mass is 464 g/mol. The van der Waals surface area contributed by atoms with Gasteiger partial charge in [-0.15, -0.1) is 0 Å². The van der Waals surface area contributed by atoms with Crippen LogP contribution in [0, 0.1) is 0 Å². The molecule has 176 valence electrons. The fourth-order valence-electron chi connectivity index (χ4n) is 4.40. The fourth-order valence-corrected chi connectivity index (χ4v) is 4.40. The molecule has 0 radical (unpaired) electrons. The first kappa shape index (κ1) is 20.9. The zero-order valence-electron chi connectivity index (χ0n) is 19.5. The summed E-state index contributed by atoms with van der Waals surface area (Å²) in [5.74, 6) is -0.964. The van der Waals surface area contributed by atoms with Gasteiger partial charge in [0.15, 0.2) is 0 Å². The van der Waals surface area contributed by atoms with Crippen molar-refractivity contribution >= 4 is 23.6 Å². The Bertz CT molecular complexity index is 1180. The molecule has 0 aliphatic carbocycles. The summed E-state index contributed by atoms with van der Waals surface area (Å²) in [6.45, 7) is 2.25. The molecule has 2 aromatic rings. The number of carbonyl (C=O) groups excluding carboxylic acids is 4. The lowest BCUT2D eigenvalue weighted by Crippen LogP contribution is -2.52. The van der Waals surface area contributed by atoms with Gasteiger partial charge in [0.25, 0.3) is 5.91 Å². The lowest BCUT2D eigenvalue weighted by molar-refractivity contribution is -0.143. The van der Waals surface area contributed by atoms with E-state index in [2.05, 4.69) is 5.32 Å². The van der Waals surface area contributed by atoms with Gasteiger partial charge in [-0.3, -0.25) is 24.5 Å². The van der Waals surface area contributed by atoms with Gasteiger partial charge in [0, 0.05) is 32.0 Å². The second-order valence-corrected chi connectivity index (χ2v) is 8.50. The van der Waals surface area contributed by atoms with Crippen LogP contribution in [-0.2, 0) is 38.8 Å². The zero-order valence-corrected chi connectivity index (χ0v) is 18.5. The molecule has 0 bridgehead atoms. The van der Waals surface area contributed by atoms with E-state index in [9.17, 15) is 19.2 Å². The molecule has 3 aliphatic heterocycles. The van der Waals surface area contributed by atoms with Crippen molar-refractivity contribution in [1.82, 2.24) is 15.1 Å². The number of benzene rings is 2. The fraction of sp³-hybridized carbons (Fsp3) is 0.360. The molecule has 9 heteroatoms. The molecule has 9 nitrogen and oxygen atoms in total. The summed E-state index contributed by atoms with van der Waals surface area (Å²) in [4.78, 5) is 52.0. The summed E-state index contributed by atoms with van der Waals surface area (Å²) >= 11 is 0. The minimum absolute atomic E-state index is 0.0132. The molecule has 3 heterocycles. The number of carbonyl (C=O) groups is 4. The normalized spacial score (nSPS) is 23.0. The van der Waals surface area contributed by atoms with Crippen LogP contribution in [0.2, 0.25) is 0 Å². The number of imide groups is 1. The highest BCUT2D eigenvalue weighted by molar-refractivity contribution is 6.05. The lowest BCUT2D eigenvalue weighted by Gasteiger charge is -2.29. The maximum Gasteiger partial charge on any atom is 0.255 e. The van der Waals surface area contributed by atoms with Crippen LogP contribution in [0.25, 0.3) is 0 Å². The van der Waals surface area contributed by atoms with Crippen molar-refractivity contribution in [3.8, 4) is 5.75 Å². The summed E-state index contributed by atoms with van der Waals surface area (Å²) in [6.07, 6.45) is -1.11. The molecule has 34 heavy (non-hydrogen) atoms. The molecule has 2 saturated heterocycles. The van der Waals surface area contributed by atoms with Gasteiger partial charge in [-0.2, -0.15) is 0 Å². The third-order valence-electron chi connectivity index (χ3n) is 6.28. The van der Waals surface area contributed by atoms with Gasteiger partial charge in [0.1, 0.15) is 25.0 Å². The van der Waals surface area contributed by atoms with Crippen molar-refractivity contribution in [1.29, 1.82) is 0 Å². The lowest BCUT2D eigenvalue weighted by atomic mass is 10.0. The first-order valence-electron chi connectivity index (χ1n) is 11.7. The van der Waals surface area contributed by atoms with Gasteiger partial charge >= 0.3 is 0 Å². The number of nitrogens with zero attached hydrogens (tertiary/aromatic N) is 2. The standard InChI is InChI=1S/C25H25N3O6/c29-22-9-8-20(24(31)26-22)28-13-19-18(25(28)32)2-1-3-21(19)34-14-17-6-4-16(5-7-17)12-27-10-11-33-15-23(27)30/h1-7,20H,8-15H2,(H,26,29,31)/i9D. The molecular formula is C25H25N3O6. The quantitative estimate of drug-likeness (QED) is 0.648. The van der Waals surface area contributed by atoms with E-state index >= 15 is 0 Å². The van der Waals surface area contributed by atoms with Gasteiger partial charge in [0.05, 0.1) is 13.2 Å². The molecular weight excluding hydrogens is 438 g/mol. The van der Waals surface area contributed by atoms with Crippen LogP contribution in [0.3, 0.4) is 0 Å². The van der Waals surface area contributed by atoms with E-state index in [0.717, 1.165) is 11.1 Å². The Morgan fingerprint density at radius 3 is 2.68 bits per heavy atom. The number of hydrogen-bond acceptors (Lipinski definition) is 6. The SMILES string of the molecule is [2H]C1CC(N2Cc3c(OCc4ccc(CN5CCOCC5=O)cc4)cccc3C2=O)C(=O)NC1=O. The van der Waals surface area contributed by atoms with E-state index in [0.29, 0.717) is 36.6 Å². The Morgan fingerprint density at radius 1 is 1.09 bits per heavy atom. The van der Waals surface area contributed by atoms with Crippen molar-refractivity contribution in [3.05, 3.63) is 64.7 Å². The minimum Gasteiger partial charge on any atom is -0.489 e. The van der Waals surface area contributed by atoms with Crippen LogP contribution in [0.15, 0.2) is 42.5 Å². The Kier molecular flexibility index (Phi) is 5.68. The Balaban J connectivity index is 1.24. The largest absolute Gasteiger partial charge is 0.489 e. The average molecular weight is 464 g/mol. The zero-order chi connectivity index (χ0) is 24.5. The number of piperidine rings is 1. The molecule has 0 spiro atoms. The van der Waals surface area contributed by atoms with Crippen molar-refractivity contribution in [2.75, 3.05) is 19.8 Å². The second-order valence-electron chi connectivity index (χ2n) is 8.50. The molecule has 2 aromatic carbocycles. The molecule has 4 amide bonds. The first-order valence-corrected chi connectivity index (χ1v) is 11.2. The van der Waals surface area contributed by atoms with E-state index in [1.807, 2.05) is 24.3 Å². The number of ether oxygens (including phenoxy) is 2. The van der Waals surface area contributed by atoms with Crippen molar-refractivity contribution in [2.45, 2.75) is 38.6 Å². The van der Waals surface area contributed by atoms with Crippen molar-refractivity contribution in [3.63, 3.8) is 0 Å². The van der Waals surface area contributed by atoms with Crippen LogP contribution in [-0.4, -0.2) is 59.2 Å². The highest BCUT2D eigenvalue weighted by Crippen LogP contribution is 2.34. The maximum absolute atomic E-state index is 13.0. The number of fused-ring (bicyclic) bond motifs is 1. The average Bonchev–Trinajstić information content (AvgIpc) is 3.19. The van der Waals surface area contributed by atoms with E-state index in [1.165, 1.54) is 4.90 Å². The summed E-state index contributed by atoms with van der Waals surface area (Å²) in [7, 11) is 0. The van der Waals surface area contributed by atoms with Crippen LogP contribution in [0.4, 0.5) is 0 Å². The van der Waals surface area contributed by atoms with Crippen molar-refractivity contribution in [2.24, 2.45) is 0 Å². The van der Waals surface area contributed by atoms with Crippen LogP contribution in [0.1, 0.15) is 41.2 Å². The van der Waals surface area contributed by atoms with Crippen LogP contribution < -0.4 is 10.1 Å². The van der Waals surface area contributed by atoms with Crippen LogP contribution in [0.5, 0.6) is 5.75 Å². The molecule has 2 atom stereocenters. The Morgan fingerprint density at radius 2 is 1.88 bits per heavy atom. The third kappa shape index (κ3) is 4.38. The van der Waals surface area contributed by atoms with E-state index in [-0.39, 0.29) is 38.0 Å².